The van der Waals surface area contributed by atoms with Gasteiger partial charge in [0.05, 0.1) is 12.4 Å². The van der Waals surface area contributed by atoms with Gasteiger partial charge in [0.1, 0.15) is 34.3 Å². The molecule has 0 saturated carbocycles. The van der Waals surface area contributed by atoms with E-state index in [0.717, 1.165) is 6.07 Å². The van der Waals surface area contributed by atoms with E-state index in [4.69, 9.17) is 0 Å². The number of rotatable bonds is 4. The fourth-order valence-corrected chi connectivity index (χ4v) is 3.05. The Hall–Kier alpha value is -3.76. The van der Waals surface area contributed by atoms with Crippen LogP contribution in [0.4, 0.5) is 10.2 Å². The van der Waals surface area contributed by atoms with E-state index < -0.39 is 17.4 Å². The van der Waals surface area contributed by atoms with Crippen molar-refractivity contribution in [3.8, 4) is 5.75 Å². The Morgan fingerprint density at radius 3 is 2.67 bits per heavy atom. The molecule has 11 heteroatoms. The van der Waals surface area contributed by atoms with Crippen LogP contribution in [0.5, 0.6) is 5.75 Å². The monoisotopic (exact) mass is 414 g/mol. The highest BCUT2D eigenvalue weighted by Crippen LogP contribution is 2.26. The number of phenols is 1. The van der Waals surface area contributed by atoms with Gasteiger partial charge in [0.15, 0.2) is 17.3 Å². The molecule has 30 heavy (non-hydrogen) atoms. The van der Waals surface area contributed by atoms with E-state index in [9.17, 15) is 14.3 Å². The molecule has 3 N–H and O–H groups in total. The normalized spacial score (nSPS) is 11.8. The first-order valence-electron chi connectivity index (χ1n) is 9.41. The minimum atomic E-state index is -0.747. The quantitative estimate of drug-likeness (QED) is 0.465. The van der Waals surface area contributed by atoms with Crippen LogP contribution in [0.1, 0.15) is 32.6 Å². The predicted molar refractivity (Wildman–Crippen MR) is 113 cm³/mol. The van der Waals surface area contributed by atoms with E-state index in [0.29, 0.717) is 17.0 Å². The molecule has 158 valence electrons. The van der Waals surface area contributed by atoms with E-state index in [-0.39, 0.29) is 22.5 Å². The van der Waals surface area contributed by atoms with Crippen LogP contribution >= 0.6 is 0 Å². The summed E-state index contributed by atoms with van der Waals surface area (Å²) in [4.78, 5) is 32.6. The number of hydrogen-bond donors (Lipinski definition) is 3. The SMILES string of the molecule is CC.CC(Nc1ncnc2nc[nH]c12)c1nc2c(O)ccc(F)c2c(=O)n1N(C)C. The highest BCUT2D eigenvalue weighted by atomic mass is 19.1. The molecule has 10 nitrogen and oxygen atoms in total. The maximum Gasteiger partial charge on any atom is 0.283 e. The van der Waals surface area contributed by atoms with Crippen molar-refractivity contribution in [2.75, 3.05) is 24.4 Å². The Morgan fingerprint density at radius 1 is 1.23 bits per heavy atom. The van der Waals surface area contributed by atoms with Gasteiger partial charge in [-0.05, 0) is 19.1 Å². The first kappa shape index (κ1) is 21.0. The number of benzene rings is 1. The molecule has 3 aromatic heterocycles. The Bertz CT molecular complexity index is 1250. The number of hydrogen-bond acceptors (Lipinski definition) is 8. The van der Waals surface area contributed by atoms with Gasteiger partial charge >= 0.3 is 0 Å². The Kier molecular flexibility index (Phi) is 5.81. The Morgan fingerprint density at radius 2 is 1.97 bits per heavy atom. The summed E-state index contributed by atoms with van der Waals surface area (Å²) in [6, 6.07) is 1.69. The van der Waals surface area contributed by atoms with Crippen molar-refractivity contribution in [1.82, 2.24) is 29.6 Å². The van der Waals surface area contributed by atoms with Crippen molar-refractivity contribution < 1.29 is 9.50 Å². The fourth-order valence-electron chi connectivity index (χ4n) is 3.05. The van der Waals surface area contributed by atoms with E-state index in [1.54, 1.807) is 21.0 Å². The van der Waals surface area contributed by atoms with Crippen molar-refractivity contribution in [1.29, 1.82) is 0 Å². The molecular weight excluding hydrogens is 391 g/mol. The van der Waals surface area contributed by atoms with Crippen LogP contribution in [0.25, 0.3) is 22.1 Å². The topological polar surface area (TPSA) is 125 Å². The Balaban J connectivity index is 0.00000124. The molecule has 1 atom stereocenters. The molecule has 3 heterocycles. The molecule has 0 bridgehead atoms. The third-order valence-corrected chi connectivity index (χ3v) is 4.32. The molecule has 0 aliphatic carbocycles. The number of anilines is 1. The summed E-state index contributed by atoms with van der Waals surface area (Å²) in [5.41, 5.74) is 0.367. The van der Waals surface area contributed by atoms with Crippen LogP contribution in [0.15, 0.2) is 29.6 Å². The zero-order valence-corrected chi connectivity index (χ0v) is 17.3. The van der Waals surface area contributed by atoms with E-state index in [2.05, 4.69) is 30.2 Å². The van der Waals surface area contributed by atoms with E-state index in [1.807, 2.05) is 13.8 Å². The van der Waals surface area contributed by atoms with E-state index >= 15 is 0 Å². The van der Waals surface area contributed by atoms with Gasteiger partial charge in [-0.15, -0.1) is 0 Å². The molecule has 1 aromatic carbocycles. The average Bonchev–Trinajstić information content (AvgIpc) is 3.21. The van der Waals surface area contributed by atoms with Crippen molar-refractivity contribution in [3.63, 3.8) is 0 Å². The van der Waals surface area contributed by atoms with Crippen LogP contribution in [-0.2, 0) is 0 Å². The minimum absolute atomic E-state index is 0.0962. The van der Waals surface area contributed by atoms with Gasteiger partial charge in [0.2, 0.25) is 0 Å². The molecule has 0 aliphatic heterocycles. The predicted octanol–water partition coefficient (Wildman–Crippen LogP) is 2.30. The number of H-pyrrole nitrogens is 1. The number of imidazole rings is 1. The number of fused-ring (bicyclic) bond motifs is 2. The average molecular weight is 414 g/mol. The zero-order valence-electron chi connectivity index (χ0n) is 17.3. The number of aromatic amines is 1. The second kappa shape index (κ2) is 8.31. The molecule has 0 amide bonds. The largest absolute Gasteiger partial charge is 0.506 e. The summed E-state index contributed by atoms with van der Waals surface area (Å²) < 4.78 is 15.5. The lowest BCUT2D eigenvalue weighted by atomic mass is 10.2. The van der Waals surface area contributed by atoms with Gasteiger partial charge in [0, 0.05) is 14.1 Å². The lowest BCUT2D eigenvalue weighted by Crippen LogP contribution is -2.40. The fraction of sp³-hybridized carbons (Fsp3) is 0.316. The summed E-state index contributed by atoms with van der Waals surface area (Å²) in [6.07, 6.45) is 2.87. The molecule has 0 aliphatic rings. The van der Waals surface area contributed by atoms with E-state index in [1.165, 1.54) is 28.4 Å². The summed E-state index contributed by atoms with van der Waals surface area (Å²) in [5.74, 6) is -0.276. The molecule has 4 aromatic rings. The number of aromatic hydroxyl groups is 1. The molecule has 0 spiro atoms. The number of aromatic nitrogens is 6. The number of nitrogens with zero attached hydrogens (tertiary/aromatic N) is 6. The van der Waals surface area contributed by atoms with Gasteiger partial charge in [-0.25, -0.2) is 29.0 Å². The summed E-state index contributed by atoms with van der Waals surface area (Å²) >= 11 is 0. The smallest absolute Gasteiger partial charge is 0.283 e. The van der Waals surface area contributed by atoms with Crippen molar-refractivity contribution in [2.45, 2.75) is 26.8 Å². The molecule has 0 saturated heterocycles. The molecule has 1 unspecified atom stereocenters. The Labute approximate surface area is 171 Å². The number of halogens is 1. The molecular formula is C19H23FN8O2. The first-order valence-corrected chi connectivity index (χ1v) is 9.41. The molecule has 4 rings (SSSR count). The third-order valence-electron chi connectivity index (χ3n) is 4.32. The third kappa shape index (κ3) is 3.49. The second-order valence-electron chi connectivity index (χ2n) is 6.41. The lowest BCUT2D eigenvalue weighted by molar-refractivity contribution is 0.477. The number of nitrogens with one attached hydrogen (secondary N) is 2. The second-order valence-corrected chi connectivity index (χ2v) is 6.41. The summed E-state index contributed by atoms with van der Waals surface area (Å²) in [7, 11) is 3.28. The van der Waals surface area contributed by atoms with Gasteiger partial charge in [-0.3, -0.25) is 4.79 Å². The standard InChI is InChI=1S/C17H17FN8O2.C2H6/c1-8(23-15-13-14(20-6-19-13)21-7-22-15)16-24-12-10(27)5-4-9(18)11(12)17(28)26(16)25(2)3;1-2/h4-8,27H,1-3H3,(H2,19,20,21,22,23);1-2H3. The van der Waals surface area contributed by atoms with Gasteiger partial charge in [-0.2, -0.15) is 0 Å². The van der Waals surface area contributed by atoms with Crippen LogP contribution in [-0.4, -0.2) is 48.8 Å². The maximum atomic E-state index is 14.3. The number of phenolic OH excluding ortho intramolecular Hbond substituents is 1. The zero-order chi connectivity index (χ0) is 22.0. The lowest BCUT2D eigenvalue weighted by Gasteiger charge is -2.24. The molecule has 0 radical (unpaired) electrons. The van der Waals surface area contributed by atoms with Gasteiger partial charge in [-0.1, -0.05) is 13.8 Å². The minimum Gasteiger partial charge on any atom is -0.506 e. The van der Waals surface area contributed by atoms with Crippen LogP contribution in [0.2, 0.25) is 0 Å². The molecule has 0 fully saturated rings. The van der Waals surface area contributed by atoms with Crippen LogP contribution < -0.4 is 15.9 Å². The van der Waals surface area contributed by atoms with Gasteiger partial charge < -0.3 is 20.4 Å². The summed E-state index contributed by atoms with van der Waals surface area (Å²) in [5, 5.41) is 14.5. The highest BCUT2D eigenvalue weighted by molar-refractivity contribution is 5.84. The van der Waals surface area contributed by atoms with Crippen LogP contribution in [0.3, 0.4) is 0 Å². The summed E-state index contributed by atoms with van der Waals surface area (Å²) in [6.45, 7) is 5.77. The van der Waals surface area contributed by atoms with Crippen LogP contribution in [0, 0.1) is 5.82 Å². The van der Waals surface area contributed by atoms with Crippen molar-refractivity contribution in [3.05, 3.63) is 46.8 Å². The van der Waals surface area contributed by atoms with Crippen molar-refractivity contribution in [2.24, 2.45) is 0 Å². The van der Waals surface area contributed by atoms with Crippen molar-refractivity contribution >= 4 is 27.9 Å². The van der Waals surface area contributed by atoms with Gasteiger partial charge in [0.25, 0.3) is 5.56 Å². The highest BCUT2D eigenvalue weighted by Gasteiger charge is 2.22. The maximum absolute atomic E-state index is 14.3. The first-order chi connectivity index (χ1) is 14.4.